The number of nitrogens with zero attached hydrogens (tertiary/aromatic N) is 1. The molecule has 3 nitrogen and oxygen atoms in total. The Kier molecular flexibility index (Phi) is 5.24. The maximum Gasteiger partial charge on any atom is 0.345 e. The molecule has 112 valence electrons. The summed E-state index contributed by atoms with van der Waals surface area (Å²) in [7, 11) is 0. The highest BCUT2D eigenvalue weighted by Crippen LogP contribution is 2.26. The number of hydrogen-bond donors (Lipinski definition) is 0. The minimum Gasteiger partial charge on any atom is -0.421 e. The second-order valence-electron chi connectivity index (χ2n) is 4.34. The number of halogens is 3. The molecule has 0 aliphatic rings. The van der Waals surface area contributed by atoms with E-state index in [2.05, 4.69) is 4.98 Å². The first-order chi connectivity index (χ1) is 10.1. The maximum atomic E-state index is 12.2. The van der Waals surface area contributed by atoms with Crippen molar-refractivity contribution in [3.05, 3.63) is 70.3 Å². The van der Waals surface area contributed by atoms with Gasteiger partial charge in [-0.25, -0.2) is 4.79 Å². The van der Waals surface area contributed by atoms with Gasteiger partial charge in [-0.05, 0) is 30.3 Å². The largest absolute Gasteiger partial charge is 0.421 e. The van der Waals surface area contributed by atoms with Crippen LogP contribution in [0.15, 0.2) is 54.7 Å². The van der Waals surface area contributed by atoms with Crippen LogP contribution in [-0.2, 0) is 0 Å². The van der Waals surface area contributed by atoms with Gasteiger partial charge in [-0.2, -0.15) is 0 Å². The van der Waals surface area contributed by atoms with Gasteiger partial charge in [0, 0.05) is 16.6 Å². The number of pyridine rings is 1. The number of rotatable bonds is 2. The molecule has 0 fully saturated rings. The molecule has 0 unspecified atom stereocenters. The van der Waals surface area contributed by atoms with Crippen molar-refractivity contribution < 1.29 is 9.53 Å². The van der Waals surface area contributed by atoms with Crippen molar-refractivity contribution >= 4 is 52.5 Å². The average molecular weight is 355 g/mol. The molecule has 2 aromatic carbocycles. The lowest BCUT2D eigenvalue weighted by Crippen LogP contribution is -2.09. The molecule has 0 bridgehead atoms. The average Bonchev–Trinajstić information content (AvgIpc) is 2.47. The minimum absolute atomic E-state index is 0. The molecule has 0 atom stereocenters. The quantitative estimate of drug-likeness (QED) is 0.470. The number of hydrogen-bond acceptors (Lipinski definition) is 3. The molecule has 0 N–H and O–H groups in total. The monoisotopic (exact) mass is 353 g/mol. The Morgan fingerprint density at radius 1 is 1.05 bits per heavy atom. The van der Waals surface area contributed by atoms with Crippen molar-refractivity contribution in [2.45, 2.75) is 0 Å². The number of carbonyl (C=O) groups excluding carboxylic acids is 1. The molecule has 3 rings (SSSR count). The molecule has 1 aromatic heterocycles. The molecule has 6 heteroatoms. The molecule has 1 heterocycles. The third kappa shape index (κ3) is 3.33. The zero-order chi connectivity index (χ0) is 14.8. The fourth-order valence-electron chi connectivity index (χ4n) is 1.97. The fraction of sp³-hybridized carbons (Fsp3) is 0. The van der Waals surface area contributed by atoms with Gasteiger partial charge in [0.15, 0.2) is 5.75 Å². The van der Waals surface area contributed by atoms with Crippen LogP contribution in [0.25, 0.3) is 10.9 Å². The Morgan fingerprint density at radius 2 is 1.82 bits per heavy atom. The standard InChI is InChI=1S/C16H9Cl2NO2.ClH/c17-11-6-7-12(13(18)9-11)16(20)21-14-5-1-3-10-4-2-8-19-15(10)14;/h1-9H;1H. The lowest BCUT2D eigenvalue weighted by molar-refractivity contribution is 0.0737. The molecule has 0 amide bonds. The van der Waals surface area contributed by atoms with Crippen LogP contribution in [-0.4, -0.2) is 11.0 Å². The van der Waals surface area contributed by atoms with Gasteiger partial charge < -0.3 is 4.74 Å². The van der Waals surface area contributed by atoms with E-state index >= 15 is 0 Å². The van der Waals surface area contributed by atoms with E-state index in [-0.39, 0.29) is 23.0 Å². The third-order valence-electron chi connectivity index (χ3n) is 2.95. The first-order valence-electron chi connectivity index (χ1n) is 6.16. The molecule has 0 spiro atoms. The number of ether oxygens (including phenoxy) is 1. The Bertz CT molecular complexity index is 831. The SMILES string of the molecule is Cl.O=C(Oc1cccc2cccnc12)c1ccc(Cl)cc1Cl. The zero-order valence-electron chi connectivity index (χ0n) is 11.1. The van der Waals surface area contributed by atoms with Gasteiger partial charge in [-0.1, -0.05) is 41.4 Å². The fourth-order valence-corrected chi connectivity index (χ4v) is 2.45. The minimum atomic E-state index is -0.546. The van der Waals surface area contributed by atoms with Crippen molar-refractivity contribution in [3.63, 3.8) is 0 Å². The van der Waals surface area contributed by atoms with Crippen LogP contribution in [0.4, 0.5) is 0 Å². The summed E-state index contributed by atoms with van der Waals surface area (Å²) < 4.78 is 5.41. The molecule has 3 aromatic rings. The number of aromatic nitrogens is 1. The first kappa shape index (κ1) is 16.6. The second-order valence-corrected chi connectivity index (χ2v) is 5.19. The summed E-state index contributed by atoms with van der Waals surface area (Å²) in [6.45, 7) is 0. The van der Waals surface area contributed by atoms with Crippen molar-refractivity contribution in [2.24, 2.45) is 0 Å². The summed E-state index contributed by atoms with van der Waals surface area (Å²) in [5.74, 6) is -0.154. The topological polar surface area (TPSA) is 39.2 Å². The predicted molar refractivity (Wildman–Crippen MR) is 90.4 cm³/mol. The Balaban J connectivity index is 0.00000176. The number of fused-ring (bicyclic) bond motifs is 1. The van der Waals surface area contributed by atoms with Crippen molar-refractivity contribution in [1.29, 1.82) is 0 Å². The van der Waals surface area contributed by atoms with Crippen LogP contribution in [0.2, 0.25) is 10.0 Å². The van der Waals surface area contributed by atoms with Gasteiger partial charge in [0.1, 0.15) is 5.52 Å². The Labute approximate surface area is 143 Å². The molecule has 0 saturated heterocycles. The highest BCUT2D eigenvalue weighted by atomic mass is 35.5. The molecule has 22 heavy (non-hydrogen) atoms. The van der Waals surface area contributed by atoms with Crippen LogP contribution in [0.3, 0.4) is 0 Å². The number of carbonyl (C=O) groups is 1. The van der Waals surface area contributed by atoms with Crippen LogP contribution in [0.5, 0.6) is 5.75 Å². The van der Waals surface area contributed by atoms with E-state index in [1.165, 1.54) is 12.1 Å². The number of esters is 1. The van der Waals surface area contributed by atoms with Crippen LogP contribution < -0.4 is 4.74 Å². The first-order valence-corrected chi connectivity index (χ1v) is 6.92. The maximum absolute atomic E-state index is 12.2. The van der Waals surface area contributed by atoms with Crippen molar-refractivity contribution in [3.8, 4) is 5.75 Å². The molecule has 0 saturated carbocycles. The number of para-hydroxylation sites is 1. The zero-order valence-corrected chi connectivity index (χ0v) is 13.5. The van der Waals surface area contributed by atoms with Gasteiger partial charge in [0.05, 0.1) is 10.6 Å². The highest BCUT2D eigenvalue weighted by molar-refractivity contribution is 6.36. The normalized spacial score (nSPS) is 10.1. The number of benzene rings is 2. The molecular weight excluding hydrogens is 345 g/mol. The van der Waals surface area contributed by atoms with E-state index in [1.54, 1.807) is 24.4 Å². The van der Waals surface area contributed by atoms with E-state index in [0.29, 0.717) is 16.3 Å². The Morgan fingerprint density at radius 3 is 2.59 bits per heavy atom. The lowest BCUT2D eigenvalue weighted by atomic mass is 10.2. The second kappa shape index (κ2) is 6.97. The molecular formula is C16H10Cl3NO2. The summed E-state index contributed by atoms with van der Waals surface area (Å²) in [6.07, 6.45) is 1.65. The van der Waals surface area contributed by atoms with Gasteiger partial charge in [-0.15, -0.1) is 12.4 Å². The van der Waals surface area contributed by atoms with E-state index in [0.717, 1.165) is 5.39 Å². The van der Waals surface area contributed by atoms with Crippen LogP contribution in [0.1, 0.15) is 10.4 Å². The lowest BCUT2D eigenvalue weighted by Gasteiger charge is -2.08. The van der Waals surface area contributed by atoms with E-state index in [1.807, 2.05) is 18.2 Å². The van der Waals surface area contributed by atoms with Crippen LogP contribution in [0, 0.1) is 0 Å². The summed E-state index contributed by atoms with van der Waals surface area (Å²) >= 11 is 11.8. The van der Waals surface area contributed by atoms with Gasteiger partial charge in [0.2, 0.25) is 0 Å². The third-order valence-corrected chi connectivity index (χ3v) is 3.50. The molecule has 0 radical (unpaired) electrons. The summed E-state index contributed by atoms with van der Waals surface area (Å²) in [6, 6.07) is 13.7. The predicted octanol–water partition coefficient (Wildman–Crippen LogP) is 5.18. The van der Waals surface area contributed by atoms with E-state index < -0.39 is 5.97 Å². The van der Waals surface area contributed by atoms with E-state index in [9.17, 15) is 4.79 Å². The van der Waals surface area contributed by atoms with Crippen molar-refractivity contribution in [2.75, 3.05) is 0 Å². The molecule has 0 aliphatic carbocycles. The van der Waals surface area contributed by atoms with Gasteiger partial charge >= 0.3 is 5.97 Å². The highest BCUT2D eigenvalue weighted by Gasteiger charge is 2.15. The van der Waals surface area contributed by atoms with Crippen molar-refractivity contribution in [1.82, 2.24) is 4.98 Å². The Hall–Kier alpha value is -1.81. The summed E-state index contributed by atoms with van der Waals surface area (Å²) in [5.41, 5.74) is 0.882. The summed E-state index contributed by atoms with van der Waals surface area (Å²) in [4.78, 5) is 16.4. The summed E-state index contributed by atoms with van der Waals surface area (Å²) in [5, 5.41) is 1.61. The molecule has 0 aliphatic heterocycles. The van der Waals surface area contributed by atoms with E-state index in [4.69, 9.17) is 27.9 Å². The van der Waals surface area contributed by atoms with Crippen LogP contribution >= 0.6 is 35.6 Å². The van der Waals surface area contributed by atoms with Gasteiger partial charge in [0.25, 0.3) is 0 Å². The van der Waals surface area contributed by atoms with Gasteiger partial charge in [-0.3, -0.25) is 4.98 Å². The smallest absolute Gasteiger partial charge is 0.345 e.